The highest BCUT2D eigenvalue weighted by Crippen LogP contribution is 2.32. The van der Waals surface area contributed by atoms with Crippen molar-refractivity contribution >= 4 is 21.6 Å². The predicted molar refractivity (Wildman–Crippen MR) is 75.8 cm³/mol. The first-order chi connectivity index (χ1) is 10.1. The summed E-state index contributed by atoms with van der Waals surface area (Å²) in [7, 11) is -3.72. The van der Waals surface area contributed by atoms with Crippen LogP contribution in [0.2, 0.25) is 5.15 Å². The Bertz CT molecular complexity index is 779. The fourth-order valence-corrected chi connectivity index (χ4v) is 3.35. The average molecular weight is 327 g/mol. The van der Waals surface area contributed by atoms with Crippen LogP contribution in [0.25, 0.3) is 0 Å². The number of sulfonamides is 1. The zero-order chi connectivity index (χ0) is 14.9. The van der Waals surface area contributed by atoms with Crippen molar-refractivity contribution in [2.75, 3.05) is 6.79 Å². The summed E-state index contributed by atoms with van der Waals surface area (Å²) in [6.07, 6.45) is 1.43. The third kappa shape index (κ3) is 2.94. The molecule has 110 valence electrons. The molecule has 0 saturated carbocycles. The van der Waals surface area contributed by atoms with Crippen LogP contribution in [0.4, 0.5) is 0 Å². The molecule has 1 N–H and O–H groups in total. The van der Waals surface area contributed by atoms with Crippen LogP contribution in [0.5, 0.6) is 11.5 Å². The van der Waals surface area contributed by atoms with Crippen molar-refractivity contribution in [1.29, 1.82) is 0 Å². The number of hydrogen-bond acceptors (Lipinski definition) is 5. The minimum Gasteiger partial charge on any atom is -0.454 e. The molecule has 8 heteroatoms. The summed E-state index contributed by atoms with van der Waals surface area (Å²) >= 11 is 5.80. The number of halogens is 1. The van der Waals surface area contributed by atoms with Gasteiger partial charge in [-0.2, -0.15) is 0 Å². The van der Waals surface area contributed by atoms with E-state index >= 15 is 0 Å². The highest BCUT2D eigenvalue weighted by molar-refractivity contribution is 7.89. The smallest absolute Gasteiger partial charge is 0.243 e. The number of hydrogen-bond donors (Lipinski definition) is 1. The SMILES string of the molecule is O=S(=O)(NCc1ccc2c(c1)OCO2)c1cccnc1Cl. The molecule has 1 aliphatic heterocycles. The molecule has 1 aromatic heterocycles. The van der Waals surface area contributed by atoms with Crippen LogP contribution in [0.3, 0.4) is 0 Å². The topological polar surface area (TPSA) is 77.5 Å². The standard InChI is InChI=1S/C13H11ClN2O4S/c14-13-12(2-1-5-15-13)21(17,18)16-7-9-3-4-10-11(6-9)20-8-19-10/h1-6,16H,7-8H2. The Hall–Kier alpha value is -1.83. The van der Waals surface area contributed by atoms with Crippen molar-refractivity contribution < 1.29 is 17.9 Å². The quantitative estimate of drug-likeness (QED) is 0.869. The number of ether oxygens (including phenoxy) is 2. The summed E-state index contributed by atoms with van der Waals surface area (Å²) in [5, 5.41) is -0.0595. The second-order valence-corrected chi connectivity index (χ2v) is 6.40. The lowest BCUT2D eigenvalue weighted by atomic mass is 10.2. The van der Waals surface area contributed by atoms with Crippen LogP contribution in [0.1, 0.15) is 5.56 Å². The van der Waals surface area contributed by atoms with Crippen molar-refractivity contribution in [2.24, 2.45) is 0 Å². The van der Waals surface area contributed by atoms with E-state index in [9.17, 15) is 8.42 Å². The van der Waals surface area contributed by atoms with Gasteiger partial charge >= 0.3 is 0 Å². The first-order valence-corrected chi connectivity index (χ1v) is 7.91. The summed E-state index contributed by atoms with van der Waals surface area (Å²) in [5.74, 6) is 1.25. The maximum atomic E-state index is 12.2. The van der Waals surface area contributed by atoms with Crippen molar-refractivity contribution in [2.45, 2.75) is 11.4 Å². The molecule has 0 fully saturated rings. The molecule has 1 aromatic carbocycles. The lowest BCUT2D eigenvalue weighted by Crippen LogP contribution is -2.23. The Kier molecular flexibility index (Phi) is 3.71. The molecule has 0 amide bonds. The van der Waals surface area contributed by atoms with Gasteiger partial charge in [-0.05, 0) is 29.8 Å². The minimum absolute atomic E-state index is 0.0487. The van der Waals surface area contributed by atoms with Gasteiger partial charge in [-0.1, -0.05) is 17.7 Å². The highest BCUT2D eigenvalue weighted by atomic mass is 35.5. The molecule has 1 aliphatic rings. The average Bonchev–Trinajstić information content (AvgIpc) is 2.93. The molecule has 0 unspecified atom stereocenters. The summed E-state index contributed by atoms with van der Waals surface area (Å²) in [5.41, 5.74) is 0.753. The summed E-state index contributed by atoms with van der Waals surface area (Å²) in [4.78, 5) is 3.71. The molecule has 0 radical (unpaired) electrons. The number of benzene rings is 1. The highest BCUT2D eigenvalue weighted by Gasteiger charge is 2.19. The molecule has 2 aromatic rings. The van der Waals surface area contributed by atoms with Crippen molar-refractivity contribution in [1.82, 2.24) is 9.71 Å². The van der Waals surface area contributed by atoms with Crippen molar-refractivity contribution in [3.63, 3.8) is 0 Å². The van der Waals surface area contributed by atoms with E-state index in [4.69, 9.17) is 21.1 Å². The molecular weight excluding hydrogens is 316 g/mol. The Morgan fingerprint density at radius 2 is 2.05 bits per heavy atom. The molecule has 0 spiro atoms. The molecule has 2 heterocycles. The van der Waals surface area contributed by atoms with Gasteiger partial charge in [-0.25, -0.2) is 18.1 Å². The molecule has 6 nitrogen and oxygen atoms in total. The zero-order valence-electron chi connectivity index (χ0n) is 10.7. The number of nitrogens with zero attached hydrogens (tertiary/aromatic N) is 1. The lowest BCUT2D eigenvalue weighted by molar-refractivity contribution is 0.174. The second-order valence-electron chi connectivity index (χ2n) is 4.30. The van der Waals surface area contributed by atoms with Gasteiger partial charge in [-0.3, -0.25) is 0 Å². The maximum absolute atomic E-state index is 12.2. The Labute approximate surface area is 126 Å². The van der Waals surface area contributed by atoms with Gasteiger partial charge < -0.3 is 9.47 Å². The van der Waals surface area contributed by atoms with Crippen LogP contribution < -0.4 is 14.2 Å². The van der Waals surface area contributed by atoms with Crippen LogP contribution >= 0.6 is 11.6 Å². The first kappa shape index (κ1) is 14.1. The largest absolute Gasteiger partial charge is 0.454 e. The third-order valence-electron chi connectivity index (χ3n) is 2.92. The van der Waals surface area contributed by atoms with Crippen molar-refractivity contribution in [3.8, 4) is 11.5 Å². The van der Waals surface area contributed by atoms with Gasteiger partial charge in [0.25, 0.3) is 0 Å². The van der Waals surface area contributed by atoms with Gasteiger partial charge in [-0.15, -0.1) is 0 Å². The Balaban J connectivity index is 1.77. The predicted octanol–water partition coefficient (Wildman–Crippen LogP) is 1.94. The molecule has 3 rings (SSSR count). The van der Waals surface area contributed by atoms with E-state index in [1.54, 1.807) is 18.2 Å². The van der Waals surface area contributed by atoms with Gasteiger partial charge in [0.15, 0.2) is 11.5 Å². The van der Waals surface area contributed by atoms with E-state index in [0.717, 1.165) is 5.56 Å². The molecule has 0 bridgehead atoms. The van der Waals surface area contributed by atoms with Crippen LogP contribution in [-0.2, 0) is 16.6 Å². The van der Waals surface area contributed by atoms with E-state index in [2.05, 4.69) is 9.71 Å². The van der Waals surface area contributed by atoms with Gasteiger partial charge in [0.05, 0.1) is 0 Å². The van der Waals surface area contributed by atoms with E-state index < -0.39 is 10.0 Å². The van der Waals surface area contributed by atoms with Gasteiger partial charge in [0, 0.05) is 12.7 Å². The number of rotatable bonds is 4. The van der Waals surface area contributed by atoms with Gasteiger partial charge in [0.2, 0.25) is 16.8 Å². The normalized spacial score (nSPS) is 13.4. The van der Waals surface area contributed by atoms with E-state index in [-0.39, 0.29) is 23.4 Å². The van der Waals surface area contributed by atoms with Gasteiger partial charge in [0.1, 0.15) is 10.0 Å². The number of fused-ring (bicyclic) bond motifs is 1. The van der Waals surface area contributed by atoms with E-state index in [0.29, 0.717) is 11.5 Å². The van der Waals surface area contributed by atoms with Crippen LogP contribution in [0, 0.1) is 0 Å². The molecule has 0 aliphatic carbocycles. The number of pyridine rings is 1. The summed E-state index contributed by atoms with van der Waals surface area (Å²) < 4.78 is 37.3. The van der Waals surface area contributed by atoms with E-state index in [1.807, 2.05) is 0 Å². The molecular formula is C13H11ClN2O4S. The second kappa shape index (κ2) is 5.51. The fraction of sp³-hybridized carbons (Fsp3) is 0.154. The number of aromatic nitrogens is 1. The minimum atomic E-state index is -3.72. The third-order valence-corrected chi connectivity index (χ3v) is 4.76. The van der Waals surface area contributed by atoms with E-state index in [1.165, 1.54) is 18.3 Å². The van der Waals surface area contributed by atoms with Crippen LogP contribution in [0.15, 0.2) is 41.4 Å². The Morgan fingerprint density at radius 3 is 2.86 bits per heavy atom. The Morgan fingerprint density at radius 1 is 1.24 bits per heavy atom. The lowest BCUT2D eigenvalue weighted by Gasteiger charge is -2.08. The first-order valence-electron chi connectivity index (χ1n) is 6.05. The zero-order valence-corrected chi connectivity index (χ0v) is 12.3. The van der Waals surface area contributed by atoms with Crippen molar-refractivity contribution in [3.05, 3.63) is 47.2 Å². The number of nitrogens with one attached hydrogen (secondary N) is 1. The summed E-state index contributed by atoms with van der Waals surface area (Å²) in [6, 6.07) is 8.15. The molecule has 0 atom stereocenters. The van der Waals surface area contributed by atoms with Crippen LogP contribution in [-0.4, -0.2) is 20.2 Å². The molecule has 0 saturated heterocycles. The summed E-state index contributed by atoms with van der Waals surface area (Å²) in [6.45, 7) is 0.292. The fourth-order valence-electron chi connectivity index (χ4n) is 1.88. The molecule has 21 heavy (non-hydrogen) atoms. The maximum Gasteiger partial charge on any atom is 0.243 e. The monoisotopic (exact) mass is 326 g/mol.